The third kappa shape index (κ3) is 3.82. The van der Waals surface area contributed by atoms with E-state index in [2.05, 4.69) is 36.5 Å². The molecule has 1 fully saturated rings. The zero-order chi connectivity index (χ0) is 17.8. The Bertz CT molecular complexity index is 777. The Balaban J connectivity index is 1.78. The van der Waals surface area contributed by atoms with Crippen LogP contribution in [0.15, 0.2) is 48.1 Å². The molecule has 1 unspecified atom stereocenters. The number of allylic oxidation sites excluding steroid dienone is 6. The van der Waals surface area contributed by atoms with E-state index in [0.29, 0.717) is 19.5 Å². The van der Waals surface area contributed by atoms with Crippen LogP contribution in [0.1, 0.15) is 24.5 Å². The van der Waals surface area contributed by atoms with Gasteiger partial charge in [0.1, 0.15) is 6.10 Å². The Morgan fingerprint density at radius 2 is 2.12 bits per heavy atom. The minimum absolute atomic E-state index is 0.320. The van der Waals surface area contributed by atoms with Gasteiger partial charge in [0.05, 0.1) is 13.1 Å². The summed E-state index contributed by atoms with van der Waals surface area (Å²) < 4.78 is 5.28. The zero-order valence-corrected chi connectivity index (χ0v) is 14.5. The van der Waals surface area contributed by atoms with Gasteiger partial charge in [0.2, 0.25) is 6.41 Å². The monoisotopic (exact) mass is 338 g/mol. The fourth-order valence-corrected chi connectivity index (χ4v) is 3.09. The summed E-state index contributed by atoms with van der Waals surface area (Å²) in [7, 11) is 0. The molecule has 1 heterocycles. The van der Waals surface area contributed by atoms with Gasteiger partial charge in [0.15, 0.2) is 0 Å². The first kappa shape index (κ1) is 17.0. The van der Waals surface area contributed by atoms with E-state index in [9.17, 15) is 9.59 Å². The molecule has 0 aromatic heterocycles. The predicted octanol–water partition coefficient (Wildman–Crippen LogP) is 3.36. The first-order valence-electron chi connectivity index (χ1n) is 8.39. The van der Waals surface area contributed by atoms with Crippen LogP contribution in [-0.4, -0.2) is 31.7 Å². The van der Waals surface area contributed by atoms with Crippen molar-refractivity contribution in [3.63, 3.8) is 0 Å². The van der Waals surface area contributed by atoms with Gasteiger partial charge in [-0.05, 0) is 49.1 Å². The Morgan fingerprint density at radius 1 is 1.28 bits per heavy atom. The number of carbonyl (C=O) groups excluding carboxylic acids is 2. The number of cyclic esters (lactones) is 1. The van der Waals surface area contributed by atoms with Crippen LogP contribution in [0.4, 0.5) is 10.5 Å². The number of hydrogen-bond donors (Lipinski definition) is 1. The summed E-state index contributed by atoms with van der Waals surface area (Å²) in [6, 6.07) is 6.00. The van der Waals surface area contributed by atoms with Crippen molar-refractivity contribution in [3.05, 3.63) is 59.2 Å². The lowest BCUT2D eigenvalue weighted by molar-refractivity contribution is -0.109. The lowest BCUT2D eigenvalue weighted by Crippen LogP contribution is -2.30. The SMILES string of the molecule is CC1=CCC=C(c2ccc(N3CC(CNC=O)OC3=O)cc2C)C=C1. The quantitative estimate of drug-likeness (QED) is 0.838. The minimum atomic E-state index is -0.377. The van der Waals surface area contributed by atoms with Crippen molar-refractivity contribution in [1.29, 1.82) is 0 Å². The van der Waals surface area contributed by atoms with Crippen LogP contribution in [0.3, 0.4) is 0 Å². The number of hydrogen-bond acceptors (Lipinski definition) is 3. The number of carbonyl (C=O) groups is 2. The number of aryl methyl sites for hydroxylation is 1. The molecular weight excluding hydrogens is 316 g/mol. The average molecular weight is 338 g/mol. The Morgan fingerprint density at radius 3 is 2.88 bits per heavy atom. The maximum Gasteiger partial charge on any atom is 0.414 e. The Kier molecular flexibility index (Phi) is 5.03. The fraction of sp³-hybridized carbons (Fsp3) is 0.300. The van der Waals surface area contributed by atoms with E-state index in [0.717, 1.165) is 23.2 Å². The second kappa shape index (κ2) is 7.38. The number of benzene rings is 1. The van der Waals surface area contributed by atoms with Crippen LogP contribution in [0.5, 0.6) is 0 Å². The molecule has 1 aliphatic carbocycles. The molecule has 2 amide bonds. The van der Waals surface area contributed by atoms with Gasteiger partial charge in [-0.25, -0.2) is 4.79 Å². The maximum atomic E-state index is 12.1. The van der Waals surface area contributed by atoms with Gasteiger partial charge in [-0.3, -0.25) is 9.69 Å². The summed E-state index contributed by atoms with van der Waals surface area (Å²) in [5.41, 5.74) is 5.53. The molecule has 5 nitrogen and oxygen atoms in total. The normalized spacial score (nSPS) is 19.8. The van der Waals surface area contributed by atoms with Crippen LogP contribution in [0, 0.1) is 6.92 Å². The zero-order valence-electron chi connectivity index (χ0n) is 14.5. The third-order valence-electron chi connectivity index (χ3n) is 4.44. The molecular formula is C20H22N2O3. The van der Waals surface area contributed by atoms with E-state index >= 15 is 0 Å². The standard InChI is InChI=1S/C20H22N2O3/c1-14-4-3-5-16(7-6-14)19-9-8-17(10-15(19)2)22-12-18(11-21-13-23)25-20(22)24/h4-10,13,18H,3,11-12H2,1-2H3,(H,21,23). The van der Waals surface area contributed by atoms with Gasteiger partial charge in [-0.1, -0.05) is 35.9 Å². The van der Waals surface area contributed by atoms with Crippen molar-refractivity contribution in [1.82, 2.24) is 5.32 Å². The highest BCUT2D eigenvalue weighted by atomic mass is 16.6. The Hall–Kier alpha value is -2.82. The fourth-order valence-electron chi connectivity index (χ4n) is 3.09. The van der Waals surface area contributed by atoms with E-state index in [4.69, 9.17) is 4.74 Å². The number of ether oxygens (including phenoxy) is 1. The van der Waals surface area contributed by atoms with E-state index in [1.54, 1.807) is 4.90 Å². The van der Waals surface area contributed by atoms with Crippen LogP contribution in [0.2, 0.25) is 0 Å². The van der Waals surface area contributed by atoms with Crippen molar-refractivity contribution >= 4 is 23.8 Å². The highest BCUT2D eigenvalue weighted by Crippen LogP contribution is 2.29. The molecule has 5 heteroatoms. The molecule has 25 heavy (non-hydrogen) atoms. The van der Waals surface area contributed by atoms with Crippen molar-refractivity contribution in [2.24, 2.45) is 0 Å². The van der Waals surface area contributed by atoms with Gasteiger partial charge in [-0.15, -0.1) is 0 Å². The summed E-state index contributed by atoms with van der Waals surface area (Å²) in [5.74, 6) is 0. The molecule has 2 aliphatic rings. The van der Waals surface area contributed by atoms with Gasteiger partial charge >= 0.3 is 6.09 Å². The smallest absolute Gasteiger partial charge is 0.414 e. The summed E-state index contributed by atoms with van der Waals surface area (Å²) in [4.78, 5) is 24.1. The number of nitrogens with one attached hydrogen (secondary N) is 1. The molecule has 0 spiro atoms. The maximum absolute atomic E-state index is 12.1. The molecule has 1 aliphatic heterocycles. The third-order valence-corrected chi connectivity index (χ3v) is 4.44. The van der Waals surface area contributed by atoms with Gasteiger partial charge < -0.3 is 10.1 Å². The molecule has 0 radical (unpaired) electrons. The Labute approximate surface area is 147 Å². The van der Waals surface area contributed by atoms with E-state index in [1.807, 2.05) is 25.1 Å². The first-order chi connectivity index (χ1) is 12.1. The van der Waals surface area contributed by atoms with Crippen LogP contribution in [0.25, 0.3) is 5.57 Å². The minimum Gasteiger partial charge on any atom is -0.442 e. The molecule has 1 saturated heterocycles. The van der Waals surface area contributed by atoms with Gasteiger partial charge in [-0.2, -0.15) is 0 Å². The molecule has 1 atom stereocenters. The van der Waals surface area contributed by atoms with E-state index in [-0.39, 0.29) is 12.2 Å². The lowest BCUT2D eigenvalue weighted by atomic mass is 9.98. The second-order valence-electron chi connectivity index (χ2n) is 6.32. The topological polar surface area (TPSA) is 58.6 Å². The molecule has 1 aromatic carbocycles. The van der Waals surface area contributed by atoms with Crippen molar-refractivity contribution in [2.75, 3.05) is 18.0 Å². The number of anilines is 1. The van der Waals surface area contributed by atoms with Crippen molar-refractivity contribution in [3.8, 4) is 0 Å². The van der Waals surface area contributed by atoms with Crippen LogP contribution in [-0.2, 0) is 9.53 Å². The average Bonchev–Trinajstić information content (AvgIpc) is 2.83. The number of nitrogens with zero attached hydrogens (tertiary/aromatic N) is 1. The molecule has 130 valence electrons. The van der Waals surface area contributed by atoms with E-state index in [1.165, 1.54) is 11.1 Å². The highest BCUT2D eigenvalue weighted by Gasteiger charge is 2.32. The second-order valence-corrected chi connectivity index (χ2v) is 6.32. The van der Waals surface area contributed by atoms with E-state index < -0.39 is 0 Å². The number of rotatable bonds is 5. The van der Waals surface area contributed by atoms with Gasteiger partial charge in [0.25, 0.3) is 0 Å². The summed E-state index contributed by atoms with van der Waals surface area (Å²) in [6.07, 6.45) is 9.48. The van der Waals surface area contributed by atoms with Crippen LogP contribution >= 0.6 is 0 Å². The molecule has 1 N–H and O–H groups in total. The highest BCUT2D eigenvalue weighted by molar-refractivity contribution is 5.90. The first-order valence-corrected chi connectivity index (χ1v) is 8.39. The van der Waals surface area contributed by atoms with Crippen molar-refractivity contribution in [2.45, 2.75) is 26.4 Å². The molecule has 1 aromatic rings. The summed E-state index contributed by atoms with van der Waals surface area (Å²) >= 11 is 0. The molecule has 3 rings (SSSR count). The largest absolute Gasteiger partial charge is 0.442 e. The summed E-state index contributed by atoms with van der Waals surface area (Å²) in [6.45, 7) is 4.90. The number of amides is 2. The lowest BCUT2D eigenvalue weighted by Gasteiger charge is -2.16. The van der Waals surface area contributed by atoms with Crippen molar-refractivity contribution < 1.29 is 14.3 Å². The van der Waals surface area contributed by atoms with Crippen LogP contribution < -0.4 is 10.2 Å². The predicted molar refractivity (Wildman–Crippen MR) is 98.4 cm³/mol. The summed E-state index contributed by atoms with van der Waals surface area (Å²) in [5, 5.41) is 2.55. The van der Waals surface area contributed by atoms with Gasteiger partial charge in [0, 0.05) is 5.69 Å². The molecule has 0 bridgehead atoms. The molecule has 0 saturated carbocycles.